The molecule has 17 nitrogen and oxygen atoms in total. The summed E-state index contributed by atoms with van der Waals surface area (Å²) in [6, 6.07) is 5.36. The Labute approximate surface area is 246 Å². The summed E-state index contributed by atoms with van der Waals surface area (Å²) in [5.41, 5.74) is -1.37. The molecule has 0 aliphatic carbocycles. The summed E-state index contributed by atoms with van der Waals surface area (Å²) in [4.78, 5) is 12.8. The number of aromatic hydroxyl groups is 4. The molecule has 0 unspecified atom stereocenters. The molecule has 11 N–H and O–H groups in total. The standard InChI is InChI=1S/C27H30O17/c28-6-14-17(32)20(35)23(38)26(43-14)40-7-15-18(33)21(36)24(39)27(44-15)41-9-4-12(31)16-13(5-9)42-25(22(37)19(16)34)8-1-2-10(29)11(30)3-8/h1-5,14-15,17-18,20-21,23-24,26-33,35-39H,6-7H2/t14-,15-,17-,18-,20+,21+,23-,24-,26+,27+/m1/s1. The number of hydrogen-bond donors (Lipinski definition) is 11. The minimum atomic E-state index is -1.87. The first kappa shape index (κ1) is 31.7. The first-order chi connectivity index (χ1) is 20.8. The number of aliphatic hydroxyl groups excluding tert-OH is 7. The van der Waals surface area contributed by atoms with Crippen LogP contribution in [-0.2, 0) is 14.2 Å². The largest absolute Gasteiger partial charge is 0.507 e. The molecule has 3 aromatic rings. The molecule has 17 heteroatoms. The van der Waals surface area contributed by atoms with Gasteiger partial charge in [-0.05, 0) is 18.2 Å². The fraction of sp³-hybridized carbons (Fsp3) is 0.444. The Morgan fingerprint density at radius 2 is 1.34 bits per heavy atom. The van der Waals surface area contributed by atoms with Crippen molar-refractivity contribution in [1.82, 2.24) is 0 Å². The monoisotopic (exact) mass is 626 g/mol. The highest BCUT2D eigenvalue weighted by Crippen LogP contribution is 2.38. The Kier molecular flexibility index (Phi) is 8.87. The molecule has 2 aliphatic rings. The van der Waals surface area contributed by atoms with E-state index >= 15 is 0 Å². The van der Waals surface area contributed by atoms with Crippen molar-refractivity contribution in [2.75, 3.05) is 13.2 Å². The van der Waals surface area contributed by atoms with Crippen molar-refractivity contribution in [3.8, 4) is 40.1 Å². The quantitative estimate of drug-likeness (QED) is 0.119. The average molecular weight is 627 g/mol. The van der Waals surface area contributed by atoms with E-state index in [1.54, 1.807) is 0 Å². The fourth-order valence-corrected chi connectivity index (χ4v) is 4.87. The molecule has 0 spiro atoms. The first-order valence-corrected chi connectivity index (χ1v) is 13.2. The Hall–Kier alpha value is -3.75. The van der Waals surface area contributed by atoms with Crippen LogP contribution in [0.3, 0.4) is 0 Å². The molecule has 2 aromatic carbocycles. The molecule has 10 atom stereocenters. The van der Waals surface area contributed by atoms with Gasteiger partial charge >= 0.3 is 0 Å². The SMILES string of the molecule is O=c1c(O)c(-c2ccc(O)c(O)c2)oc2cc(O[C@H]3O[C@H](CO[C@H]4O[C@H](CO)[C@@H](O)[C@H](O)[C@H]4O)[C@@H](O)[C@H](O)[C@H]3O)cc(O)c12. The maximum Gasteiger partial charge on any atom is 0.238 e. The molecule has 0 bridgehead atoms. The van der Waals surface area contributed by atoms with E-state index in [4.69, 9.17) is 23.4 Å². The predicted molar refractivity (Wildman–Crippen MR) is 142 cm³/mol. The van der Waals surface area contributed by atoms with E-state index in [9.17, 15) is 61.0 Å². The number of phenols is 3. The van der Waals surface area contributed by atoms with Gasteiger partial charge in [-0.2, -0.15) is 0 Å². The molecule has 0 radical (unpaired) electrons. The van der Waals surface area contributed by atoms with Crippen LogP contribution in [0.4, 0.5) is 0 Å². The highest BCUT2D eigenvalue weighted by molar-refractivity contribution is 5.88. The molecule has 2 saturated heterocycles. The third-order valence-corrected chi connectivity index (χ3v) is 7.36. The third-order valence-electron chi connectivity index (χ3n) is 7.36. The van der Waals surface area contributed by atoms with Crippen molar-refractivity contribution in [3.63, 3.8) is 0 Å². The van der Waals surface area contributed by atoms with Crippen LogP contribution in [0.1, 0.15) is 0 Å². The van der Waals surface area contributed by atoms with E-state index in [0.29, 0.717) is 0 Å². The zero-order valence-electron chi connectivity index (χ0n) is 22.4. The molecular formula is C27H30O17. The summed E-state index contributed by atoms with van der Waals surface area (Å²) >= 11 is 0. The first-order valence-electron chi connectivity index (χ1n) is 13.2. The second kappa shape index (κ2) is 12.3. The molecule has 0 amide bonds. The smallest absolute Gasteiger partial charge is 0.238 e. The van der Waals surface area contributed by atoms with Gasteiger partial charge in [0, 0.05) is 17.7 Å². The van der Waals surface area contributed by atoms with Crippen molar-refractivity contribution in [2.45, 2.75) is 61.4 Å². The highest BCUT2D eigenvalue weighted by atomic mass is 16.7. The Morgan fingerprint density at radius 3 is 2.00 bits per heavy atom. The predicted octanol–water partition coefficient (Wildman–Crippen LogP) is -2.71. The van der Waals surface area contributed by atoms with Crippen LogP contribution in [0.15, 0.2) is 39.5 Å². The maximum absolute atomic E-state index is 12.8. The van der Waals surface area contributed by atoms with Crippen molar-refractivity contribution >= 4 is 11.0 Å². The summed E-state index contributed by atoms with van der Waals surface area (Å²) in [5.74, 6) is -3.36. The van der Waals surface area contributed by atoms with Gasteiger partial charge < -0.3 is 79.5 Å². The van der Waals surface area contributed by atoms with E-state index in [2.05, 4.69) is 0 Å². The lowest BCUT2D eigenvalue weighted by Gasteiger charge is -2.42. The Bertz CT molecular complexity index is 1560. The van der Waals surface area contributed by atoms with Crippen molar-refractivity contribution in [2.24, 2.45) is 0 Å². The van der Waals surface area contributed by atoms with Crippen LogP contribution < -0.4 is 10.2 Å². The van der Waals surface area contributed by atoms with Gasteiger partial charge in [-0.25, -0.2) is 0 Å². The Morgan fingerprint density at radius 1 is 0.705 bits per heavy atom. The topological polar surface area (TPSA) is 290 Å². The van der Waals surface area contributed by atoms with Crippen molar-refractivity contribution in [3.05, 3.63) is 40.6 Å². The Balaban J connectivity index is 1.38. The van der Waals surface area contributed by atoms with E-state index in [0.717, 1.165) is 24.3 Å². The number of fused-ring (bicyclic) bond motifs is 1. The lowest BCUT2D eigenvalue weighted by atomic mass is 9.98. The summed E-state index contributed by atoms with van der Waals surface area (Å²) in [6.45, 7) is -1.33. The molecule has 240 valence electrons. The summed E-state index contributed by atoms with van der Waals surface area (Å²) in [6.07, 6.45) is -16.7. The van der Waals surface area contributed by atoms with Gasteiger partial charge in [-0.3, -0.25) is 4.79 Å². The van der Waals surface area contributed by atoms with Gasteiger partial charge in [0.25, 0.3) is 0 Å². The van der Waals surface area contributed by atoms with Gasteiger partial charge in [-0.15, -0.1) is 0 Å². The molecule has 2 aliphatic heterocycles. The number of rotatable bonds is 7. The van der Waals surface area contributed by atoms with Crippen molar-refractivity contribution in [1.29, 1.82) is 0 Å². The normalized spacial score (nSPS) is 32.5. The zero-order chi connectivity index (χ0) is 32.0. The van der Waals surface area contributed by atoms with Crippen LogP contribution in [0.2, 0.25) is 0 Å². The van der Waals surface area contributed by atoms with Gasteiger partial charge in [-0.1, -0.05) is 0 Å². The molecule has 2 fully saturated rings. The lowest BCUT2D eigenvalue weighted by molar-refractivity contribution is -0.323. The van der Waals surface area contributed by atoms with Gasteiger partial charge in [0.2, 0.25) is 17.5 Å². The molecular weight excluding hydrogens is 596 g/mol. The second-order valence-electron chi connectivity index (χ2n) is 10.3. The van der Waals surface area contributed by atoms with E-state index < -0.39 is 114 Å². The number of hydrogen-bond acceptors (Lipinski definition) is 17. The lowest BCUT2D eigenvalue weighted by Crippen LogP contribution is -2.62. The molecule has 1 aromatic heterocycles. The zero-order valence-corrected chi connectivity index (χ0v) is 22.4. The minimum absolute atomic E-state index is 0.00648. The van der Waals surface area contributed by atoms with E-state index in [-0.39, 0.29) is 16.9 Å². The van der Waals surface area contributed by atoms with Crippen LogP contribution in [0.5, 0.6) is 28.7 Å². The van der Waals surface area contributed by atoms with Gasteiger partial charge in [0.05, 0.1) is 13.2 Å². The summed E-state index contributed by atoms with van der Waals surface area (Å²) < 4.78 is 27.4. The molecule has 0 saturated carbocycles. The van der Waals surface area contributed by atoms with Crippen molar-refractivity contribution < 1.29 is 79.5 Å². The van der Waals surface area contributed by atoms with Crippen LogP contribution >= 0.6 is 0 Å². The number of phenolic OH excluding ortho intramolecular Hbond substituents is 3. The number of aliphatic hydroxyl groups is 7. The van der Waals surface area contributed by atoms with Crippen LogP contribution in [0, 0.1) is 0 Å². The minimum Gasteiger partial charge on any atom is -0.507 e. The summed E-state index contributed by atoms with van der Waals surface area (Å²) in [7, 11) is 0. The van der Waals surface area contributed by atoms with Gasteiger partial charge in [0.1, 0.15) is 71.3 Å². The maximum atomic E-state index is 12.8. The van der Waals surface area contributed by atoms with E-state index in [1.807, 2.05) is 0 Å². The molecule has 44 heavy (non-hydrogen) atoms. The van der Waals surface area contributed by atoms with Crippen LogP contribution in [-0.4, -0.2) is 131 Å². The molecule has 3 heterocycles. The number of ether oxygens (including phenoxy) is 4. The average Bonchev–Trinajstić information content (AvgIpc) is 2.99. The van der Waals surface area contributed by atoms with E-state index in [1.165, 1.54) is 6.07 Å². The highest BCUT2D eigenvalue weighted by Gasteiger charge is 2.48. The van der Waals surface area contributed by atoms with Crippen LogP contribution in [0.25, 0.3) is 22.3 Å². The summed E-state index contributed by atoms with van der Waals surface area (Å²) in [5, 5.41) is 111. The second-order valence-corrected chi connectivity index (χ2v) is 10.3. The van der Waals surface area contributed by atoms with Gasteiger partial charge in [0.15, 0.2) is 23.5 Å². The molecule has 5 rings (SSSR count). The fourth-order valence-electron chi connectivity index (χ4n) is 4.87. The number of benzene rings is 2. The third kappa shape index (κ3) is 5.73.